The first-order valence-electron chi connectivity index (χ1n) is 15.3. The van der Waals surface area contributed by atoms with E-state index in [0.717, 1.165) is 50.6 Å². The highest BCUT2D eigenvalue weighted by Gasteiger charge is 2.36. The molecule has 0 radical (unpaired) electrons. The van der Waals surface area contributed by atoms with E-state index in [0.29, 0.717) is 50.0 Å². The Kier molecular flexibility index (Phi) is 10.8. The molecule has 7 atom stereocenters. The summed E-state index contributed by atoms with van der Waals surface area (Å²) in [5, 5.41) is 28.7. The van der Waals surface area contributed by atoms with Crippen molar-refractivity contribution in [1.29, 1.82) is 0 Å². The third kappa shape index (κ3) is 8.52. The van der Waals surface area contributed by atoms with Gasteiger partial charge in [0.25, 0.3) is 0 Å². The highest BCUT2D eigenvalue weighted by atomic mass is 16.5. The average Bonchev–Trinajstić information content (AvgIpc) is 2.95. The molecule has 1 aromatic rings. The first-order valence-corrected chi connectivity index (χ1v) is 15.3. The molecular formula is C32H48N4O5. The summed E-state index contributed by atoms with van der Waals surface area (Å²) in [6.07, 6.45) is 6.45. The van der Waals surface area contributed by atoms with Crippen molar-refractivity contribution in [2.75, 3.05) is 20.1 Å². The van der Waals surface area contributed by atoms with Gasteiger partial charge in [0.2, 0.25) is 0 Å². The number of benzene rings is 1. The second-order valence-electron chi connectivity index (χ2n) is 12.1. The number of esters is 1. The normalized spacial score (nSPS) is 32.7. The summed E-state index contributed by atoms with van der Waals surface area (Å²) in [5.41, 5.74) is 6.58. The molecule has 0 aromatic heterocycles. The summed E-state index contributed by atoms with van der Waals surface area (Å²) in [7, 11) is 1.65. The molecule has 1 aliphatic carbocycles. The fraction of sp³-hybridized carbons (Fsp3) is 0.688. The van der Waals surface area contributed by atoms with Crippen molar-refractivity contribution >= 4 is 11.9 Å². The van der Waals surface area contributed by atoms with Crippen molar-refractivity contribution in [3.63, 3.8) is 0 Å². The highest BCUT2D eigenvalue weighted by molar-refractivity contribution is 5.77. The maximum atomic E-state index is 12.3. The zero-order valence-electron chi connectivity index (χ0n) is 24.8. The first kappa shape index (κ1) is 31.0. The van der Waals surface area contributed by atoms with Gasteiger partial charge in [-0.1, -0.05) is 31.3 Å². The number of carbonyl (C=O) groups excluding carboxylic acids is 1. The smallest absolute Gasteiger partial charge is 0.302 e. The number of phenols is 1. The molecule has 2 aliphatic heterocycles. The molecule has 226 valence electrons. The summed E-state index contributed by atoms with van der Waals surface area (Å²) < 4.78 is 12.3. The quantitative estimate of drug-likeness (QED) is 0.162. The number of nitrogens with two attached hydrogens (primary N) is 1. The van der Waals surface area contributed by atoms with Crippen molar-refractivity contribution in [3.8, 4) is 23.3 Å². The first-order chi connectivity index (χ1) is 19.7. The monoisotopic (exact) mass is 568 g/mol. The number of aromatic hydroxyl groups is 1. The van der Waals surface area contributed by atoms with Gasteiger partial charge < -0.3 is 36.1 Å². The van der Waals surface area contributed by atoms with Gasteiger partial charge in [0.05, 0.1) is 6.10 Å². The number of rotatable bonds is 4. The largest absolute Gasteiger partial charge is 0.504 e. The predicted octanol–water partition coefficient (Wildman–Crippen LogP) is 3.26. The van der Waals surface area contributed by atoms with E-state index in [1.54, 1.807) is 13.1 Å². The third-order valence-corrected chi connectivity index (χ3v) is 9.12. The van der Waals surface area contributed by atoms with Gasteiger partial charge in [-0.2, -0.15) is 0 Å². The standard InChI is InChI=1S/C32H48N4O5/c1-4-32(20-36-31(33)34-3)13-10-23-6-5-7-24-18-26(12-15-35-24)41-30-17-22(8-9-28(30)39)16-27(23)29(40-21(2)37)19-25(38)11-14-32/h8-9,17,23-27,29,35,38-39H,4-7,11-12,14-16,18-20H2,1-3H3,(H3,33,34,36)/t23-,24+,25+,26+,27-,29+,32+/m1/s1. The van der Waals surface area contributed by atoms with Crippen LogP contribution in [0.15, 0.2) is 23.2 Å². The van der Waals surface area contributed by atoms with Gasteiger partial charge in [-0.3, -0.25) is 9.79 Å². The molecule has 6 N–H and O–H groups in total. The van der Waals surface area contributed by atoms with Crippen molar-refractivity contribution in [2.24, 2.45) is 28.0 Å². The lowest BCUT2D eigenvalue weighted by Crippen LogP contribution is -2.42. The molecule has 1 aromatic carbocycles. The molecule has 0 spiro atoms. The number of aliphatic hydroxyl groups excluding tert-OH is 1. The molecular weight excluding hydrogens is 520 g/mol. The van der Waals surface area contributed by atoms with Crippen LogP contribution in [0.25, 0.3) is 0 Å². The molecule has 2 heterocycles. The van der Waals surface area contributed by atoms with Crippen LogP contribution in [0.2, 0.25) is 0 Å². The minimum absolute atomic E-state index is 0.0457. The molecule has 9 heteroatoms. The lowest BCUT2D eigenvalue weighted by Gasteiger charge is -2.36. The van der Waals surface area contributed by atoms with Crippen LogP contribution >= 0.6 is 0 Å². The number of carbonyl (C=O) groups is 1. The summed E-state index contributed by atoms with van der Waals surface area (Å²) in [5.74, 6) is 7.77. The Morgan fingerprint density at radius 2 is 2.12 bits per heavy atom. The number of piperidine rings is 1. The Morgan fingerprint density at radius 3 is 2.88 bits per heavy atom. The van der Waals surface area contributed by atoms with E-state index in [9.17, 15) is 15.0 Å². The van der Waals surface area contributed by atoms with Crippen LogP contribution in [-0.2, 0) is 16.0 Å². The molecule has 41 heavy (non-hydrogen) atoms. The molecule has 4 rings (SSSR count). The Hall–Kier alpha value is -2.96. The number of nitrogens with one attached hydrogen (secondary N) is 2. The van der Waals surface area contributed by atoms with Crippen LogP contribution in [0.1, 0.15) is 77.2 Å². The number of ether oxygens (including phenoxy) is 2. The molecule has 0 saturated carbocycles. The Balaban J connectivity index is 1.77. The Morgan fingerprint density at radius 1 is 1.29 bits per heavy atom. The van der Waals surface area contributed by atoms with E-state index in [1.807, 2.05) is 12.1 Å². The number of guanidine groups is 1. The van der Waals surface area contributed by atoms with E-state index >= 15 is 0 Å². The number of phenolic OH excluding ortho intramolecular Hbond substituents is 1. The lowest BCUT2D eigenvalue weighted by molar-refractivity contribution is -0.152. The average molecular weight is 569 g/mol. The molecule has 0 unspecified atom stereocenters. The molecule has 9 nitrogen and oxygen atoms in total. The number of aliphatic hydroxyl groups is 1. The molecule has 1 fully saturated rings. The van der Waals surface area contributed by atoms with E-state index in [-0.39, 0.29) is 35.1 Å². The second-order valence-corrected chi connectivity index (χ2v) is 12.1. The maximum absolute atomic E-state index is 12.3. The van der Waals surface area contributed by atoms with Crippen LogP contribution in [0, 0.1) is 29.1 Å². The second kappa shape index (κ2) is 14.3. The fourth-order valence-electron chi connectivity index (χ4n) is 6.56. The van der Waals surface area contributed by atoms with Crippen molar-refractivity contribution in [2.45, 2.75) is 102 Å². The lowest BCUT2D eigenvalue weighted by atomic mass is 9.74. The van der Waals surface area contributed by atoms with Crippen molar-refractivity contribution < 1.29 is 24.5 Å². The summed E-state index contributed by atoms with van der Waals surface area (Å²) in [6, 6.07) is 5.84. The highest BCUT2D eigenvalue weighted by Crippen LogP contribution is 2.37. The molecule has 3 aliphatic rings. The fourth-order valence-corrected chi connectivity index (χ4v) is 6.56. The van der Waals surface area contributed by atoms with Gasteiger partial charge in [-0.05, 0) is 75.6 Å². The summed E-state index contributed by atoms with van der Waals surface area (Å²) in [6.45, 7) is 4.98. The van der Waals surface area contributed by atoms with Crippen LogP contribution < -0.4 is 21.1 Å². The Bertz CT molecular complexity index is 1130. The number of hydrogen-bond donors (Lipinski definition) is 5. The Labute approximate surface area is 244 Å². The van der Waals surface area contributed by atoms with Gasteiger partial charge in [0, 0.05) is 50.2 Å². The van der Waals surface area contributed by atoms with Crippen LogP contribution in [-0.4, -0.2) is 66.6 Å². The zero-order valence-corrected chi connectivity index (χ0v) is 24.8. The van der Waals surface area contributed by atoms with Gasteiger partial charge in [0.1, 0.15) is 12.2 Å². The summed E-state index contributed by atoms with van der Waals surface area (Å²) >= 11 is 0. The van der Waals surface area contributed by atoms with Gasteiger partial charge in [0.15, 0.2) is 17.5 Å². The maximum Gasteiger partial charge on any atom is 0.302 e. The number of nitrogens with zero attached hydrogens (tertiary/aromatic N) is 1. The van der Waals surface area contributed by atoms with Gasteiger partial charge in [-0.15, -0.1) is 0 Å². The predicted molar refractivity (Wildman–Crippen MR) is 160 cm³/mol. The van der Waals surface area contributed by atoms with Gasteiger partial charge >= 0.3 is 5.97 Å². The van der Waals surface area contributed by atoms with E-state index in [4.69, 9.17) is 15.2 Å². The van der Waals surface area contributed by atoms with Crippen LogP contribution in [0.3, 0.4) is 0 Å². The van der Waals surface area contributed by atoms with Crippen molar-refractivity contribution in [1.82, 2.24) is 10.6 Å². The van der Waals surface area contributed by atoms with Crippen LogP contribution in [0.4, 0.5) is 0 Å². The third-order valence-electron chi connectivity index (χ3n) is 9.12. The SMILES string of the molecule is CC[C@]1(CNC(N)=NC)C#C[C@H]2CCC[C@H]3C[C@H](CCN3)Oc3cc(ccc3O)C[C@H]2[C@@H](OC(C)=O)C[C@@H](O)CC1. The minimum atomic E-state index is -0.644. The minimum Gasteiger partial charge on any atom is -0.504 e. The molecule has 4 bridgehead atoms. The number of fused-ring (bicyclic) bond motifs is 5. The van der Waals surface area contributed by atoms with Gasteiger partial charge in [-0.25, -0.2) is 0 Å². The molecule has 0 amide bonds. The number of hydrogen-bond acceptors (Lipinski definition) is 7. The van der Waals surface area contributed by atoms with Crippen LogP contribution in [0.5, 0.6) is 11.5 Å². The summed E-state index contributed by atoms with van der Waals surface area (Å²) in [4.78, 5) is 16.4. The van der Waals surface area contributed by atoms with E-state index in [1.165, 1.54) is 6.92 Å². The zero-order chi connectivity index (χ0) is 29.4. The van der Waals surface area contributed by atoms with E-state index < -0.39 is 12.2 Å². The number of aliphatic imine (C=N–C) groups is 1. The topological polar surface area (TPSA) is 138 Å². The van der Waals surface area contributed by atoms with E-state index in [2.05, 4.69) is 34.4 Å². The molecule has 1 saturated heterocycles. The van der Waals surface area contributed by atoms with Crippen molar-refractivity contribution in [3.05, 3.63) is 23.8 Å².